The van der Waals surface area contributed by atoms with Crippen molar-refractivity contribution in [1.29, 1.82) is 0 Å². The van der Waals surface area contributed by atoms with Crippen molar-refractivity contribution in [2.45, 2.75) is 18.8 Å². The fourth-order valence-corrected chi connectivity index (χ4v) is 9.90. The molecule has 11 rings (SSSR count). The third-order valence-corrected chi connectivity index (χ3v) is 12.5. The zero-order valence-electron chi connectivity index (χ0n) is 31.5. The van der Waals surface area contributed by atoms with Gasteiger partial charge in [-0.05, 0) is 97.6 Å². The Labute approximate surface area is 336 Å². The summed E-state index contributed by atoms with van der Waals surface area (Å²) in [6, 6.07) is 33.6. The van der Waals surface area contributed by atoms with Gasteiger partial charge in [-0.3, -0.25) is 29.0 Å². The van der Waals surface area contributed by atoms with E-state index >= 15 is 0 Å². The minimum Gasteiger partial charge on any atom is -0.508 e. The quantitative estimate of drug-likeness (QED) is 0.129. The molecule has 12 heteroatoms. The Morgan fingerprint density at radius 2 is 1.17 bits per heavy atom. The topological polar surface area (TPSA) is 156 Å². The van der Waals surface area contributed by atoms with E-state index in [1.54, 1.807) is 54.6 Å². The normalized spacial score (nSPS) is 23.8. The van der Waals surface area contributed by atoms with Crippen LogP contribution in [0.3, 0.4) is 0 Å². The number of amides is 4. The molecule has 5 aromatic carbocycles. The van der Waals surface area contributed by atoms with Gasteiger partial charge in [0.15, 0.2) is 11.2 Å². The maximum Gasteiger partial charge on any atom is 0.238 e. The van der Waals surface area contributed by atoms with Crippen molar-refractivity contribution in [3.63, 3.8) is 0 Å². The first kappa shape index (κ1) is 34.9. The maximum absolute atomic E-state index is 14.7. The molecule has 1 saturated carbocycles. The molecule has 2 aliphatic heterocycles. The summed E-state index contributed by atoms with van der Waals surface area (Å²) in [6.45, 7) is 0. The molecule has 2 aliphatic carbocycles. The maximum atomic E-state index is 14.7. The number of carbonyl (C=O) groups is 4. The number of fused-ring (bicyclic) bond motifs is 6. The molecule has 4 aliphatic rings. The van der Waals surface area contributed by atoms with E-state index in [2.05, 4.69) is 9.97 Å². The average molecular weight is 783 g/mol. The van der Waals surface area contributed by atoms with Crippen LogP contribution in [0.2, 0.25) is 0 Å². The van der Waals surface area contributed by atoms with Crippen LogP contribution in [-0.2, 0) is 19.2 Å². The van der Waals surface area contributed by atoms with Gasteiger partial charge in [0.05, 0.1) is 42.2 Å². The molecule has 7 aromatic rings. The van der Waals surface area contributed by atoms with Gasteiger partial charge >= 0.3 is 0 Å². The number of para-hydroxylation sites is 4. The third-order valence-electron chi connectivity index (χ3n) is 12.5. The molecule has 0 bridgehead atoms. The molecule has 0 unspecified atom stereocenters. The van der Waals surface area contributed by atoms with Crippen LogP contribution in [-0.4, -0.2) is 45.8 Å². The molecule has 2 saturated heterocycles. The van der Waals surface area contributed by atoms with Gasteiger partial charge in [0, 0.05) is 28.7 Å². The molecule has 290 valence electrons. The van der Waals surface area contributed by atoms with Crippen molar-refractivity contribution in [3.05, 3.63) is 132 Å². The fraction of sp³-hybridized carbons (Fsp3) is 0.191. The number of anilines is 2. The van der Waals surface area contributed by atoms with Crippen LogP contribution in [0.4, 0.5) is 11.4 Å². The Kier molecular flexibility index (Phi) is 7.74. The number of hydrogen-bond donors (Lipinski definition) is 1. The summed E-state index contributed by atoms with van der Waals surface area (Å²) in [5.41, 5.74) is 6.40. The van der Waals surface area contributed by atoms with E-state index in [1.165, 1.54) is 29.0 Å². The van der Waals surface area contributed by atoms with Gasteiger partial charge in [0.2, 0.25) is 35.4 Å². The van der Waals surface area contributed by atoms with Gasteiger partial charge in [-0.1, -0.05) is 42.0 Å². The number of benzene rings is 5. The highest BCUT2D eigenvalue weighted by Gasteiger charge is 2.62. The van der Waals surface area contributed by atoms with Crippen molar-refractivity contribution >= 4 is 57.2 Å². The molecule has 0 radical (unpaired) electrons. The standard InChI is InChI=1S/C47H34N4O8/c1-57-38-22-28(52)18-19-30(38)39-29-20-21-31-40(46(55)50(44(31)53)26-14-10-24(11-15-26)42-48-34-6-2-4-8-36(34)58-42)32(29)23-33-41(39)47(56)51(45(33)54)27-16-12-25(13-17-27)43-49-35-7-3-5-9-37(35)59-43/h2-20,22,31-33,39-41,52H,21,23H2,1H3/t31-,32+,33+,39+,40-,41+/m0/s1. The number of rotatable bonds is 6. The fourth-order valence-electron chi connectivity index (χ4n) is 9.90. The van der Waals surface area contributed by atoms with Crippen molar-refractivity contribution in [2.75, 3.05) is 16.9 Å². The van der Waals surface area contributed by atoms with E-state index in [-0.39, 0.29) is 42.2 Å². The number of ether oxygens (including phenoxy) is 1. The second kappa shape index (κ2) is 13.1. The number of oxazole rings is 2. The van der Waals surface area contributed by atoms with E-state index in [0.717, 1.165) is 11.1 Å². The second-order valence-corrected chi connectivity index (χ2v) is 15.5. The van der Waals surface area contributed by atoms with Gasteiger partial charge in [-0.25, -0.2) is 9.97 Å². The number of methoxy groups -OCH3 is 1. The lowest BCUT2D eigenvalue weighted by molar-refractivity contribution is -0.126. The van der Waals surface area contributed by atoms with Crippen LogP contribution in [0.25, 0.3) is 45.1 Å². The summed E-state index contributed by atoms with van der Waals surface area (Å²) in [5.74, 6) is -4.40. The summed E-state index contributed by atoms with van der Waals surface area (Å²) >= 11 is 0. The lowest BCUT2D eigenvalue weighted by Gasteiger charge is -2.44. The monoisotopic (exact) mass is 782 g/mol. The van der Waals surface area contributed by atoms with Gasteiger partial charge in [0.1, 0.15) is 22.5 Å². The Morgan fingerprint density at radius 1 is 0.627 bits per heavy atom. The Morgan fingerprint density at radius 3 is 1.73 bits per heavy atom. The van der Waals surface area contributed by atoms with Crippen LogP contribution in [0.5, 0.6) is 11.5 Å². The lowest BCUT2D eigenvalue weighted by atomic mass is 9.57. The third kappa shape index (κ3) is 5.28. The minimum atomic E-state index is -0.820. The van der Waals surface area contributed by atoms with E-state index in [4.69, 9.17) is 13.6 Å². The highest BCUT2D eigenvalue weighted by Crippen LogP contribution is 2.59. The molecule has 1 N–H and O–H groups in total. The molecular formula is C47H34N4O8. The summed E-state index contributed by atoms with van der Waals surface area (Å²) in [5, 5.41) is 10.4. The molecule has 4 heterocycles. The second-order valence-electron chi connectivity index (χ2n) is 15.5. The number of phenolic OH excluding ortho intramolecular Hbond substituents is 1. The van der Waals surface area contributed by atoms with Crippen LogP contribution < -0.4 is 14.5 Å². The van der Waals surface area contributed by atoms with Gasteiger partial charge in [0.25, 0.3) is 0 Å². The molecule has 4 amide bonds. The Bertz CT molecular complexity index is 2860. The summed E-state index contributed by atoms with van der Waals surface area (Å²) in [7, 11) is 1.49. The molecule has 12 nitrogen and oxygen atoms in total. The SMILES string of the molecule is COc1cc(O)ccc1[C@H]1C2=CC[C@@H]3C(=O)N(c4ccc(-c5nc6ccccc6o5)cc4)C(=O)[C@@H]3[C@@H]2C[C@H]2C(=O)N(c3ccc(-c4nc5ccccc5o4)cc3)C(=O)[C@@H]12. The zero-order valence-corrected chi connectivity index (χ0v) is 31.5. The molecule has 59 heavy (non-hydrogen) atoms. The van der Waals surface area contributed by atoms with Crippen molar-refractivity contribution in [2.24, 2.45) is 29.6 Å². The Hall–Kier alpha value is -7.34. The highest BCUT2D eigenvalue weighted by molar-refractivity contribution is 6.24. The van der Waals surface area contributed by atoms with Gasteiger partial charge < -0.3 is 18.7 Å². The van der Waals surface area contributed by atoms with Crippen LogP contribution >= 0.6 is 0 Å². The summed E-state index contributed by atoms with van der Waals surface area (Å²) in [4.78, 5) is 69.8. The predicted octanol–water partition coefficient (Wildman–Crippen LogP) is 8.06. The van der Waals surface area contributed by atoms with E-state index < -0.39 is 35.5 Å². The lowest BCUT2D eigenvalue weighted by Crippen LogP contribution is -2.43. The van der Waals surface area contributed by atoms with Crippen LogP contribution in [0.1, 0.15) is 24.3 Å². The summed E-state index contributed by atoms with van der Waals surface area (Å²) in [6.07, 6.45) is 2.48. The first-order valence-electron chi connectivity index (χ1n) is 19.5. The number of phenols is 1. The van der Waals surface area contributed by atoms with E-state index in [9.17, 15) is 24.3 Å². The van der Waals surface area contributed by atoms with Crippen molar-refractivity contribution < 1.29 is 37.9 Å². The first-order chi connectivity index (χ1) is 28.8. The predicted molar refractivity (Wildman–Crippen MR) is 216 cm³/mol. The molecule has 3 fully saturated rings. The largest absolute Gasteiger partial charge is 0.508 e. The Balaban J connectivity index is 0.938. The van der Waals surface area contributed by atoms with E-state index in [1.807, 2.05) is 54.6 Å². The van der Waals surface area contributed by atoms with E-state index in [0.29, 0.717) is 62.3 Å². The molecule has 6 atom stereocenters. The molecular weight excluding hydrogens is 749 g/mol. The molecule has 0 spiro atoms. The average Bonchev–Trinajstić information content (AvgIpc) is 4.02. The number of aromatic nitrogens is 2. The number of nitrogens with zero attached hydrogens (tertiary/aromatic N) is 4. The van der Waals surface area contributed by atoms with Gasteiger partial charge in [-0.2, -0.15) is 0 Å². The summed E-state index contributed by atoms with van der Waals surface area (Å²) < 4.78 is 17.7. The first-order valence-corrected chi connectivity index (χ1v) is 19.5. The number of imide groups is 2. The number of carbonyl (C=O) groups excluding carboxylic acids is 4. The minimum absolute atomic E-state index is 0.0176. The van der Waals surface area contributed by atoms with Gasteiger partial charge in [-0.15, -0.1) is 0 Å². The number of allylic oxidation sites excluding steroid dienone is 2. The van der Waals surface area contributed by atoms with Crippen LogP contribution in [0.15, 0.2) is 136 Å². The number of hydrogen-bond acceptors (Lipinski definition) is 10. The zero-order chi connectivity index (χ0) is 40.1. The number of aromatic hydroxyl groups is 1. The van der Waals surface area contributed by atoms with Crippen molar-refractivity contribution in [3.8, 4) is 34.4 Å². The van der Waals surface area contributed by atoms with Crippen molar-refractivity contribution in [1.82, 2.24) is 9.97 Å². The molecule has 2 aromatic heterocycles. The highest BCUT2D eigenvalue weighted by atomic mass is 16.5. The van der Waals surface area contributed by atoms with Crippen LogP contribution in [0, 0.1) is 29.6 Å². The smallest absolute Gasteiger partial charge is 0.238 e.